The molecule has 0 fully saturated rings. The number of ether oxygens (including phenoxy) is 1. The van der Waals surface area contributed by atoms with Crippen molar-refractivity contribution in [3.63, 3.8) is 0 Å². The molecule has 6 nitrogen and oxygen atoms in total. The molecule has 0 aliphatic heterocycles. The molecule has 2 aromatic rings. The van der Waals surface area contributed by atoms with E-state index in [0.717, 1.165) is 11.3 Å². The third kappa shape index (κ3) is 3.94. The van der Waals surface area contributed by atoms with Crippen LogP contribution in [0.4, 0.5) is 17.1 Å². The first-order valence-electron chi connectivity index (χ1n) is 6.17. The van der Waals surface area contributed by atoms with Gasteiger partial charge in [0.25, 0.3) is 0 Å². The fraction of sp³-hybridized carbons (Fsp3) is 0.143. The number of nitrogens with one attached hydrogen (secondary N) is 1. The van der Waals surface area contributed by atoms with E-state index in [1.54, 1.807) is 19.2 Å². The first-order valence-corrected chi connectivity index (χ1v) is 7.72. The summed E-state index contributed by atoms with van der Waals surface area (Å²) in [5.41, 5.74) is 8.03. The molecule has 0 heterocycles. The van der Waals surface area contributed by atoms with Gasteiger partial charge in [-0.05, 0) is 35.9 Å². The van der Waals surface area contributed by atoms with Crippen LogP contribution in [0.25, 0.3) is 0 Å². The average Bonchev–Trinajstić information content (AvgIpc) is 2.40. The zero-order chi connectivity index (χ0) is 15.5. The van der Waals surface area contributed by atoms with Crippen molar-refractivity contribution in [2.75, 3.05) is 18.2 Å². The molecule has 0 spiro atoms. The van der Waals surface area contributed by atoms with E-state index in [2.05, 4.69) is 5.32 Å². The Morgan fingerprint density at radius 1 is 1.19 bits per heavy atom. The van der Waals surface area contributed by atoms with Crippen LogP contribution in [0.2, 0.25) is 0 Å². The van der Waals surface area contributed by atoms with Crippen LogP contribution >= 0.6 is 0 Å². The van der Waals surface area contributed by atoms with Gasteiger partial charge in [0, 0.05) is 18.5 Å². The number of sulfonamides is 1. The summed E-state index contributed by atoms with van der Waals surface area (Å²) in [6.45, 7) is 0.472. The van der Waals surface area contributed by atoms with E-state index >= 15 is 0 Å². The maximum atomic E-state index is 11.6. The van der Waals surface area contributed by atoms with E-state index in [1.807, 2.05) is 24.3 Å². The van der Waals surface area contributed by atoms with Crippen LogP contribution in [0.1, 0.15) is 5.56 Å². The van der Waals surface area contributed by atoms with Crippen molar-refractivity contribution in [2.45, 2.75) is 11.5 Å². The highest BCUT2D eigenvalue weighted by molar-refractivity contribution is 7.89. The Balaban J connectivity index is 2.38. The van der Waals surface area contributed by atoms with Crippen LogP contribution in [-0.4, -0.2) is 15.5 Å². The Morgan fingerprint density at radius 3 is 2.62 bits per heavy atom. The lowest BCUT2D eigenvalue weighted by Gasteiger charge is -2.12. The number of hydrogen-bond donors (Lipinski definition) is 3. The molecule has 5 N–H and O–H groups in total. The Labute approximate surface area is 123 Å². The van der Waals surface area contributed by atoms with Gasteiger partial charge in [0.1, 0.15) is 4.90 Å². The van der Waals surface area contributed by atoms with Gasteiger partial charge in [0.05, 0.1) is 12.3 Å². The number of hydrogen-bond acceptors (Lipinski definition) is 5. The maximum absolute atomic E-state index is 11.6. The minimum Gasteiger partial charge on any atom is -0.399 e. The number of methoxy groups -OCH3 is 1. The zero-order valence-electron chi connectivity index (χ0n) is 11.5. The van der Waals surface area contributed by atoms with E-state index in [0.29, 0.717) is 18.0 Å². The van der Waals surface area contributed by atoms with Gasteiger partial charge in [-0.1, -0.05) is 12.1 Å². The molecule has 0 radical (unpaired) electrons. The number of nitrogens with two attached hydrogens (primary N) is 2. The Bertz CT molecular complexity index is 745. The van der Waals surface area contributed by atoms with Crippen molar-refractivity contribution in [3.05, 3.63) is 48.0 Å². The molecule has 0 unspecified atom stereocenters. The molecular formula is C14H17N3O3S. The molecule has 7 heteroatoms. The van der Waals surface area contributed by atoms with Crippen molar-refractivity contribution >= 4 is 27.1 Å². The normalized spacial score (nSPS) is 11.3. The second kappa shape index (κ2) is 6.13. The van der Waals surface area contributed by atoms with Crippen LogP contribution in [0.5, 0.6) is 0 Å². The number of benzene rings is 2. The van der Waals surface area contributed by atoms with Crippen molar-refractivity contribution in [1.29, 1.82) is 0 Å². The highest BCUT2D eigenvalue weighted by Crippen LogP contribution is 2.26. The van der Waals surface area contributed by atoms with Gasteiger partial charge in [-0.2, -0.15) is 0 Å². The first-order chi connectivity index (χ1) is 9.90. The van der Waals surface area contributed by atoms with Gasteiger partial charge in [-0.15, -0.1) is 0 Å². The van der Waals surface area contributed by atoms with Crippen molar-refractivity contribution in [2.24, 2.45) is 5.14 Å². The van der Waals surface area contributed by atoms with E-state index in [-0.39, 0.29) is 4.90 Å². The molecule has 0 aliphatic carbocycles. The smallest absolute Gasteiger partial charge is 0.240 e. The van der Waals surface area contributed by atoms with Gasteiger partial charge in [0.15, 0.2) is 0 Å². The van der Waals surface area contributed by atoms with Crippen molar-refractivity contribution in [1.82, 2.24) is 0 Å². The van der Waals surface area contributed by atoms with Gasteiger partial charge in [0.2, 0.25) is 10.0 Å². The van der Waals surface area contributed by atoms with E-state index < -0.39 is 10.0 Å². The largest absolute Gasteiger partial charge is 0.399 e. The molecule has 0 aliphatic rings. The lowest BCUT2D eigenvalue weighted by atomic mass is 10.2. The van der Waals surface area contributed by atoms with Gasteiger partial charge in [-0.25, -0.2) is 13.6 Å². The molecule has 0 saturated carbocycles. The first kappa shape index (κ1) is 15.3. The highest BCUT2D eigenvalue weighted by Gasteiger charge is 2.14. The topological polar surface area (TPSA) is 107 Å². The Hall–Kier alpha value is -2.09. The third-order valence-electron chi connectivity index (χ3n) is 2.83. The third-order valence-corrected chi connectivity index (χ3v) is 3.78. The standard InChI is InChI=1S/C14H17N3O3S/c1-20-9-10-3-2-4-12(7-10)17-13-6-5-11(15)8-14(13)21(16,18)19/h2-8,17H,9,15H2,1H3,(H2,16,18,19). The summed E-state index contributed by atoms with van der Waals surface area (Å²) < 4.78 is 28.3. The fourth-order valence-corrected chi connectivity index (χ4v) is 2.66. The van der Waals surface area contributed by atoms with Crippen LogP contribution < -0.4 is 16.2 Å². The maximum Gasteiger partial charge on any atom is 0.240 e. The summed E-state index contributed by atoms with van der Waals surface area (Å²) in [6, 6.07) is 12.0. The minimum atomic E-state index is -3.86. The van der Waals surface area contributed by atoms with Gasteiger partial charge < -0.3 is 15.8 Å². The summed E-state index contributed by atoms with van der Waals surface area (Å²) in [6.07, 6.45) is 0. The van der Waals surface area contributed by atoms with Crippen LogP contribution in [0.15, 0.2) is 47.4 Å². The summed E-state index contributed by atoms with van der Waals surface area (Å²) >= 11 is 0. The molecule has 2 aromatic carbocycles. The molecule has 0 bridgehead atoms. The fourth-order valence-electron chi connectivity index (χ4n) is 1.94. The summed E-state index contributed by atoms with van der Waals surface area (Å²) in [4.78, 5) is -0.0420. The number of rotatable bonds is 5. The zero-order valence-corrected chi connectivity index (χ0v) is 12.4. The second-order valence-electron chi connectivity index (χ2n) is 4.56. The molecular weight excluding hydrogens is 290 g/mol. The molecule has 0 aromatic heterocycles. The second-order valence-corrected chi connectivity index (χ2v) is 6.09. The number of primary sulfonamides is 1. The quantitative estimate of drug-likeness (QED) is 0.730. The van der Waals surface area contributed by atoms with Gasteiger partial charge >= 0.3 is 0 Å². The molecule has 0 atom stereocenters. The molecule has 21 heavy (non-hydrogen) atoms. The predicted molar refractivity (Wildman–Crippen MR) is 82.7 cm³/mol. The number of anilines is 3. The van der Waals surface area contributed by atoms with Crippen LogP contribution in [0.3, 0.4) is 0 Å². The molecule has 2 rings (SSSR count). The minimum absolute atomic E-state index is 0.0420. The monoisotopic (exact) mass is 307 g/mol. The number of nitrogen functional groups attached to an aromatic ring is 1. The lowest BCUT2D eigenvalue weighted by molar-refractivity contribution is 0.185. The highest BCUT2D eigenvalue weighted by atomic mass is 32.2. The molecule has 0 saturated heterocycles. The van der Waals surface area contributed by atoms with Gasteiger partial charge in [-0.3, -0.25) is 0 Å². The van der Waals surface area contributed by atoms with E-state index in [9.17, 15) is 8.42 Å². The van der Waals surface area contributed by atoms with Crippen LogP contribution in [-0.2, 0) is 21.4 Å². The summed E-state index contributed by atoms with van der Waals surface area (Å²) in [5.74, 6) is 0. The SMILES string of the molecule is COCc1cccc(Nc2ccc(N)cc2S(N)(=O)=O)c1. The molecule has 0 amide bonds. The lowest BCUT2D eigenvalue weighted by Crippen LogP contribution is -2.14. The van der Waals surface area contributed by atoms with Crippen LogP contribution in [0, 0.1) is 0 Å². The predicted octanol–water partition coefficient (Wildman–Crippen LogP) is 1.81. The van der Waals surface area contributed by atoms with E-state index in [4.69, 9.17) is 15.6 Å². The summed E-state index contributed by atoms with van der Waals surface area (Å²) in [7, 11) is -2.25. The van der Waals surface area contributed by atoms with Crippen molar-refractivity contribution < 1.29 is 13.2 Å². The molecule has 112 valence electrons. The Kier molecular flexibility index (Phi) is 4.46. The van der Waals surface area contributed by atoms with E-state index in [1.165, 1.54) is 6.07 Å². The summed E-state index contributed by atoms with van der Waals surface area (Å²) in [5, 5.41) is 8.25. The van der Waals surface area contributed by atoms with Crippen molar-refractivity contribution in [3.8, 4) is 0 Å². The average molecular weight is 307 g/mol. The Morgan fingerprint density at radius 2 is 1.95 bits per heavy atom.